The number of ether oxygens (including phenoxy) is 2. The quantitative estimate of drug-likeness (QED) is 0.614. The summed E-state index contributed by atoms with van der Waals surface area (Å²) in [5.74, 6) is -0.429. The van der Waals surface area contributed by atoms with Crippen LogP contribution in [-0.2, 0) is 9.53 Å². The van der Waals surface area contributed by atoms with Crippen LogP contribution in [0.3, 0.4) is 0 Å². The first kappa shape index (κ1) is 16.8. The zero-order chi connectivity index (χ0) is 16.0. The van der Waals surface area contributed by atoms with Crippen molar-refractivity contribution in [1.29, 1.82) is 0 Å². The van der Waals surface area contributed by atoms with Gasteiger partial charge in [0.1, 0.15) is 11.8 Å². The molecule has 0 aliphatic carbocycles. The van der Waals surface area contributed by atoms with Crippen molar-refractivity contribution in [2.75, 3.05) is 20.0 Å². The van der Waals surface area contributed by atoms with E-state index in [0.717, 1.165) is 6.42 Å². The van der Waals surface area contributed by atoms with Crippen LogP contribution >= 0.6 is 0 Å². The topological polar surface area (TPSA) is 90.6 Å². The van der Waals surface area contributed by atoms with Crippen molar-refractivity contribution < 1.29 is 19.1 Å². The van der Waals surface area contributed by atoms with E-state index in [9.17, 15) is 9.59 Å². The van der Waals surface area contributed by atoms with Gasteiger partial charge < -0.3 is 20.5 Å². The Morgan fingerprint density at radius 1 is 1.33 bits per heavy atom. The first-order valence-electron chi connectivity index (χ1n) is 6.76. The van der Waals surface area contributed by atoms with Crippen LogP contribution in [0.15, 0.2) is 18.2 Å². The summed E-state index contributed by atoms with van der Waals surface area (Å²) < 4.78 is 9.81. The molecule has 0 spiro atoms. The van der Waals surface area contributed by atoms with E-state index >= 15 is 0 Å². The van der Waals surface area contributed by atoms with Crippen LogP contribution in [0.2, 0.25) is 0 Å². The number of hydrogen-bond acceptors (Lipinski definition) is 5. The third kappa shape index (κ3) is 4.11. The largest absolute Gasteiger partial charge is 0.497 e. The Morgan fingerprint density at radius 3 is 2.52 bits per heavy atom. The second-order valence-electron chi connectivity index (χ2n) is 4.81. The van der Waals surface area contributed by atoms with Gasteiger partial charge in [0.15, 0.2) is 0 Å². The van der Waals surface area contributed by atoms with Crippen molar-refractivity contribution in [3.05, 3.63) is 23.8 Å². The lowest BCUT2D eigenvalue weighted by Crippen LogP contribution is -2.45. The maximum Gasteiger partial charge on any atom is 0.328 e. The summed E-state index contributed by atoms with van der Waals surface area (Å²) in [6.45, 7) is 3.81. The molecule has 0 aromatic heterocycles. The highest BCUT2D eigenvalue weighted by atomic mass is 16.5. The predicted octanol–water partition coefficient (Wildman–Crippen LogP) is 1.59. The molecule has 1 amide bonds. The Kier molecular flexibility index (Phi) is 6.02. The van der Waals surface area contributed by atoms with Crippen molar-refractivity contribution >= 4 is 17.6 Å². The van der Waals surface area contributed by atoms with Gasteiger partial charge in [0.25, 0.3) is 5.91 Å². The Morgan fingerprint density at radius 2 is 2.00 bits per heavy atom. The number of anilines is 1. The van der Waals surface area contributed by atoms with Gasteiger partial charge >= 0.3 is 5.97 Å². The summed E-state index contributed by atoms with van der Waals surface area (Å²) in [6, 6.07) is 4.08. The van der Waals surface area contributed by atoms with Crippen LogP contribution in [0.4, 0.5) is 5.69 Å². The second kappa shape index (κ2) is 7.52. The zero-order valence-corrected chi connectivity index (χ0v) is 12.8. The average molecular weight is 294 g/mol. The number of benzene rings is 1. The number of carbonyl (C=O) groups excluding carboxylic acids is 2. The average Bonchev–Trinajstić information content (AvgIpc) is 2.51. The maximum absolute atomic E-state index is 12.3. The van der Waals surface area contributed by atoms with Gasteiger partial charge in [-0.05, 0) is 24.1 Å². The molecule has 3 N–H and O–H groups in total. The van der Waals surface area contributed by atoms with E-state index in [1.807, 2.05) is 13.8 Å². The van der Waals surface area contributed by atoms with Crippen molar-refractivity contribution in [2.24, 2.45) is 5.92 Å². The van der Waals surface area contributed by atoms with E-state index in [1.165, 1.54) is 20.3 Å². The summed E-state index contributed by atoms with van der Waals surface area (Å²) in [6.07, 6.45) is 0.730. The van der Waals surface area contributed by atoms with E-state index in [0.29, 0.717) is 11.4 Å². The molecule has 116 valence electrons. The van der Waals surface area contributed by atoms with Crippen LogP contribution in [0.5, 0.6) is 5.75 Å². The number of methoxy groups -OCH3 is 2. The molecule has 21 heavy (non-hydrogen) atoms. The summed E-state index contributed by atoms with van der Waals surface area (Å²) in [5.41, 5.74) is 6.40. The first-order chi connectivity index (χ1) is 9.94. The van der Waals surface area contributed by atoms with Gasteiger partial charge in [-0.25, -0.2) is 4.79 Å². The van der Waals surface area contributed by atoms with Crippen LogP contribution in [0.25, 0.3) is 0 Å². The third-order valence-corrected chi connectivity index (χ3v) is 3.46. The van der Waals surface area contributed by atoms with Crippen LogP contribution in [-0.4, -0.2) is 32.1 Å². The van der Waals surface area contributed by atoms with E-state index in [1.54, 1.807) is 12.1 Å². The molecule has 1 aromatic carbocycles. The van der Waals surface area contributed by atoms with Crippen molar-refractivity contribution in [3.63, 3.8) is 0 Å². The summed E-state index contributed by atoms with van der Waals surface area (Å²) in [7, 11) is 2.80. The van der Waals surface area contributed by atoms with Gasteiger partial charge in [-0.3, -0.25) is 4.79 Å². The van der Waals surface area contributed by atoms with Crippen molar-refractivity contribution in [3.8, 4) is 5.75 Å². The molecular formula is C15H22N2O4. The van der Waals surface area contributed by atoms with Crippen LogP contribution in [0, 0.1) is 5.92 Å². The van der Waals surface area contributed by atoms with E-state index in [-0.39, 0.29) is 11.5 Å². The Hall–Kier alpha value is -2.24. The minimum Gasteiger partial charge on any atom is -0.497 e. The lowest BCUT2D eigenvalue weighted by molar-refractivity contribution is -0.144. The molecule has 2 unspecified atom stereocenters. The van der Waals surface area contributed by atoms with Gasteiger partial charge in [-0.15, -0.1) is 0 Å². The second-order valence-corrected chi connectivity index (χ2v) is 4.81. The number of amides is 1. The summed E-state index contributed by atoms with van der Waals surface area (Å²) in [5, 5.41) is 2.68. The predicted molar refractivity (Wildman–Crippen MR) is 80.1 cm³/mol. The van der Waals surface area contributed by atoms with Crippen molar-refractivity contribution in [1.82, 2.24) is 5.32 Å². The molecule has 1 aromatic rings. The molecule has 0 heterocycles. The third-order valence-electron chi connectivity index (χ3n) is 3.46. The highest BCUT2D eigenvalue weighted by Crippen LogP contribution is 2.20. The number of nitrogens with one attached hydrogen (secondary N) is 1. The first-order valence-corrected chi connectivity index (χ1v) is 6.76. The van der Waals surface area contributed by atoms with Gasteiger partial charge in [-0.1, -0.05) is 20.3 Å². The number of esters is 1. The Labute approximate surface area is 124 Å². The molecular weight excluding hydrogens is 272 g/mol. The maximum atomic E-state index is 12.3. The lowest BCUT2D eigenvalue weighted by Gasteiger charge is -2.22. The number of rotatable bonds is 6. The van der Waals surface area contributed by atoms with E-state index in [2.05, 4.69) is 5.32 Å². The SMILES string of the molecule is CCC(C)C(NC(=O)c1cc(OC)ccc1N)C(=O)OC. The highest BCUT2D eigenvalue weighted by Gasteiger charge is 2.27. The molecule has 0 saturated heterocycles. The fourth-order valence-electron chi connectivity index (χ4n) is 1.87. The summed E-state index contributed by atoms with van der Waals surface area (Å²) in [4.78, 5) is 24.1. The molecule has 2 atom stereocenters. The molecule has 0 radical (unpaired) electrons. The fraction of sp³-hybridized carbons (Fsp3) is 0.467. The van der Waals surface area contributed by atoms with E-state index in [4.69, 9.17) is 15.2 Å². The van der Waals surface area contributed by atoms with Gasteiger partial charge in [0, 0.05) is 5.69 Å². The van der Waals surface area contributed by atoms with Gasteiger partial charge in [-0.2, -0.15) is 0 Å². The number of nitrogen functional groups attached to an aromatic ring is 1. The standard InChI is InChI=1S/C15H22N2O4/c1-5-9(2)13(15(19)21-4)17-14(18)11-8-10(20-3)6-7-12(11)16/h6-9,13H,5,16H2,1-4H3,(H,17,18). The number of carbonyl (C=O) groups is 2. The molecule has 0 aliphatic rings. The fourth-order valence-corrected chi connectivity index (χ4v) is 1.87. The lowest BCUT2D eigenvalue weighted by atomic mass is 9.98. The minimum absolute atomic E-state index is 0.0479. The zero-order valence-electron chi connectivity index (χ0n) is 12.8. The van der Waals surface area contributed by atoms with E-state index < -0.39 is 17.9 Å². The number of nitrogens with two attached hydrogens (primary N) is 1. The Bertz CT molecular complexity index is 516. The van der Waals surface area contributed by atoms with Crippen LogP contribution < -0.4 is 15.8 Å². The van der Waals surface area contributed by atoms with Gasteiger partial charge in [0.2, 0.25) is 0 Å². The molecule has 6 nitrogen and oxygen atoms in total. The monoisotopic (exact) mass is 294 g/mol. The minimum atomic E-state index is -0.710. The molecule has 0 aliphatic heterocycles. The van der Waals surface area contributed by atoms with Crippen molar-refractivity contribution in [2.45, 2.75) is 26.3 Å². The molecule has 1 rings (SSSR count). The molecule has 0 fully saturated rings. The Balaban J connectivity index is 2.99. The smallest absolute Gasteiger partial charge is 0.328 e. The van der Waals surface area contributed by atoms with Crippen LogP contribution in [0.1, 0.15) is 30.6 Å². The number of hydrogen-bond donors (Lipinski definition) is 2. The van der Waals surface area contributed by atoms with Gasteiger partial charge in [0.05, 0.1) is 19.8 Å². The molecule has 0 saturated carbocycles. The normalized spacial score (nSPS) is 13.1. The molecule has 0 bridgehead atoms. The molecule has 6 heteroatoms. The highest BCUT2D eigenvalue weighted by molar-refractivity contribution is 6.01. The summed E-state index contributed by atoms with van der Waals surface area (Å²) >= 11 is 0.